The molecule has 5 N–H and O–H groups in total. The molecule has 0 spiro atoms. The fourth-order valence-corrected chi connectivity index (χ4v) is 4.67. The molecule has 0 bridgehead atoms. The van der Waals surface area contributed by atoms with E-state index in [-0.39, 0.29) is 56.2 Å². The number of aryl methyl sites for hydroxylation is 1. The van der Waals surface area contributed by atoms with Gasteiger partial charge in [-0.05, 0) is 42.4 Å². The summed E-state index contributed by atoms with van der Waals surface area (Å²) in [6.45, 7) is 1.46. The Morgan fingerprint density at radius 3 is 2.33 bits per heavy atom. The van der Waals surface area contributed by atoms with Crippen molar-refractivity contribution in [3.05, 3.63) is 76.9 Å². The van der Waals surface area contributed by atoms with Gasteiger partial charge in [0.05, 0.1) is 39.4 Å². The molecule has 0 fully saturated rings. The summed E-state index contributed by atoms with van der Waals surface area (Å²) in [5.41, 5.74) is 1.11. The summed E-state index contributed by atoms with van der Waals surface area (Å²) in [5.74, 6) is -1.52. The molecule has 2 aromatic carbocycles. The third kappa shape index (κ3) is 3.72. The molecule has 172 valence electrons. The van der Waals surface area contributed by atoms with Crippen molar-refractivity contribution in [1.82, 2.24) is 11.8 Å². The number of nitrogens with one attached hydrogen (secondary N) is 1. The van der Waals surface area contributed by atoms with Crippen molar-refractivity contribution < 1.29 is 23.6 Å². The van der Waals surface area contributed by atoms with E-state index >= 15 is 0 Å². The Morgan fingerprint density at radius 1 is 0.939 bits per heavy atom. The van der Waals surface area contributed by atoms with Gasteiger partial charge in [0.2, 0.25) is 0 Å². The minimum absolute atomic E-state index is 0. The predicted octanol–water partition coefficient (Wildman–Crippen LogP) is 5.00. The summed E-state index contributed by atoms with van der Waals surface area (Å²) < 4.78 is 10.9. The maximum atomic E-state index is 13.0. The van der Waals surface area contributed by atoms with Crippen LogP contribution in [-0.4, -0.2) is 11.7 Å². The van der Waals surface area contributed by atoms with Crippen LogP contribution in [0.4, 0.5) is 0 Å². The van der Waals surface area contributed by atoms with Crippen molar-refractivity contribution >= 4 is 56.7 Å². The number of fused-ring (bicyclic) bond motifs is 4. The lowest BCUT2D eigenvalue weighted by molar-refractivity contribution is -0.0998. The lowest BCUT2D eigenvalue weighted by Gasteiger charge is -2.16. The van der Waals surface area contributed by atoms with Crippen molar-refractivity contribution in [2.75, 3.05) is 6.61 Å². The van der Waals surface area contributed by atoms with E-state index in [0.29, 0.717) is 16.0 Å². The van der Waals surface area contributed by atoms with Gasteiger partial charge in [-0.1, -0.05) is 34.8 Å². The monoisotopic (exact) mass is 512 g/mol. The number of aromatic hydroxyl groups is 1. The summed E-state index contributed by atoms with van der Waals surface area (Å²) in [4.78, 5) is 36.6. The van der Waals surface area contributed by atoms with E-state index in [0.717, 1.165) is 0 Å². The summed E-state index contributed by atoms with van der Waals surface area (Å²) in [6.07, 6.45) is 0. The zero-order valence-electron chi connectivity index (χ0n) is 16.8. The molecule has 0 saturated heterocycles. The molecule has 1 atom stereocenters. The molecule has 3 heterocycles. The van der Waals surface area contributed by atoms with Gasteiger partial charge in [0.1, 0.15) is 11.3 Å². The SMILES string of the molecule is Cc1cc(Cl)cc2c3c(c(=O)oc12)C(c1c(O)c2cc(Cl)cc(Cl)c2oc1=O)CONO3.N. The van der Waals surface area contributed by atoms with E-state index < -0.39 is 22.9 Å². The number of benzene rings is 2. The lowest BCUT2D eigenvalue weighted by Crippen LogP contribution is -2.23. The van der Waals surface area contributed by atoms with Gasteiger partial charge in [-0.15, -0.1) is 0 Å². The van der Waals surface area contributed by atoms with Gasteiger partial charge < -0.3 is 24.9 Å². The second kappa shape index (κ2) is 8.53. The summed E-state index contributed by atoms with van der Waals surface area (Å²) in [6, 6.07) is 5.96. The van der Waals surface area contributed by atoms with E-state index in [9.17, 15) is 14.7 Å². The van der Waals surface area contributed by atoms with Gasteiger partial charge in [0, 0.05) is 10.0 Å². The molecule has 12 heteroatoms. The molecule has 0 saturated carbocycles. The highest BCUT2D eigenvalue weighted by Gasteiger charge is 2.34. The topological polar surface area (TPSA) is 146 Å². The molecular formula is C21H15Cl3N2O7. The van der Waals surface area contributed by atoms with E-state index in [4.69, 9.17) is 53.3 Å². The molecule has 0 amide bonds. The summed E-state index contributed by atoms with van der Waals surface area (Å²) >= 11 is 18.4. The van der Waals surface area contributed by atoms with E-state index in [1.165, 1.54) is 12.1 Å². The van der Waals surface area contributed by atoms with Crippen LogP contribution < -0.4 is 27.9 Å². The lowest BCUT2D eigenvalue weighted by atomic mass is 9.91. The van der Waals surface area contributed by atoms with E-state index in [1.807, 2.05) is 0 Å². The minimum Gasteiger partial charge on any atom is -0.507 e. The number of rotatable bonds is 1. The zero-order valence-corrected chi connectivity index (χ0v) is 19.1. The molecule has 5 rings (SSSR count). The number of halogens is 3. The third-order valence-corrected chi connectivity index (χ3v) is 5.94. The maximum Gasteiger partial charge on any atom is 0.344 e. The number of hydrogen-bond donors (Lipinski definition) is 3. The predicted molar refractivity (Wildman–Crippen MR) is 123 cm³/mol. The number of hydrogen-bond acceptors (Lipinski definition) is 9. The van der Waals surface area contributed by atoms with Crippen LogP contribution in [0.3, 0.4) is 0 Å². The van der Waals surface area contributed by atoms with Crippen molar-refractivity contribution in [1.29, 1.82) is 0 Å². The molecule has 1 unspecified atom stereocenters. The first kappa shape index (κ1) is 23.4. The Labute approximate surface area is 199 Å². The Balaban J connectivity index is 0.00000259. The Hall–Kier alpha value is -2.79. The van der Waals surface area contributed by atoms with Crippen LogP contribution in [0.15, 0.2) is 42.7 Å². The Morgan fingerprint density at radius 2 is 1.58 bits per heavy atom. The van der Waals surface area contributed by atoms with Crippen LogP contribution in [0, 0.1) is 6.92 Å². The second-order valence-corrected chi connectivity index (χ2v) is 8.48. The van der Waals surface area contributed by atoms with Gasteiger partial charge in [0.15, 0.2) is 11.3 Å². The highest BCUT2D eigenvalue weighted by atomic mass is 35.5. The quantitative estimate of drug-likeness (QED) is 0.299. The van der Waals surface area contributed by atoms with Crippen LogP contribution in [0.25, 0.3) is 21.9 Å². The first-order chi connectivity index (χ1) is 15.3. The van der Waals surface area contributed by atoms with Crippen LogP contribution in [0.5, 0.6) is 11.5 Å². The van der Waals surface area contributed by atoms with Gasteiger partial charge in [-0.3, -0.25) is 4.84 Å². The molecule has 9 nitrogen and oxygen atoms in total. The largest absolute Gasteiger partial charge is 0.507 e. The van der Waals surface area contributed by atoms with Crippen LogP contribution >= 0.6 is 34.8 Å². The molecule has 4 aromatic rings. The standard InChI is InChI=1S/C21H12Cl3NO7.H3N/c1-7-2-8(22)4-11-17(7)30-21(28)15-12(6-29-25-32-19(11)15)14-16(26)10-3-9(23)5-13(24)18(10)31-20(14)27;/h2-5,12,25-26H,6H2,1H3;1H3. The van der Waals surface area contributed by atoms with Crippen LogP contribution in [-0.2, 0) is 4.84 Å². The molecular weight excluding hydrogens is 499 g/mol. The van der Waals surface area contributed by atoms with Gasteiger partial charge >= 0.3 is 11.3 Å². The van der Waals surface area contributed by atoms with Crippen molar-refractivity contribution in [3.63, 3.8) is 0 Å². The fraction of sp³-hybridized carbons (Fsp3) is 0.143. The highest BCUT2D eigenvalue weighted by molar-refractivity contribution is 6.38. The smallest absolute Gasteiger partial charge is 0.344 e. The van der Waals surface area contributed by atoms with Crippen molar-refractivity contribution in [2.24, 2.45) is 0 Å². The van der Waals surface area contributed by atoms with Crippen LogP contribution in [0.2, 0.25) is 15.1 Å². The normalized spacial score (nSPS) is 15.6. The molecule has 33 heavy (non-hydrogen) atoms. The van der Waals surface area contributed by atoms with Crippen LogP contribution in [0.1, 0.15) is 22.6 Å². The first-order valence-electron chi connectivity index (χ1n) is 9.21. The average molecular weight is 514 g/mol. The fourth-order valence-electron chi connectivity index (χ4n) is 3.87. The maximum absolute atomic E-state index is 13.0. The molecule has 1 aliphatic heterocycles. The summed E-state index contributed by atoms with van der Waals surface area (Å²) in [5, 5.41) is 12.1. The molecule has 1 aliphatic rings. The van der Waals surface area contributed by atoms with Crippen molar-refractivity contribution in [3.8, 4) is 11.5 Å². The summed E-state index contributed by atoms with van der Waals surface area (Å²) in [7, 11) is 0. The Bertz CT molecular complexity index is 1550. The molecule has 0 aliphatic carbocycles. The third-order valence-electron chi connectivity index (χ3n) is 5.23. The minimum atomic E-state index is -1.11. The van der Waals surface area contributed by atoms with Gasteiger partial charge in [0.25, 0.3) is 0 Å². The zero-order chi connectivity index (χ0) is 22.7. The van der Waals surface area contributed by atoms with E-state index in [2.05, 4.69) is 5.64 Å². The van der Waals surface area contributed by atoms with E-state index in [1.54, 1.807) is 19.1 Å². The second-order valence-electron chi connectivity index (χ2n) is 7.20. The van der Waals surface area contributed by atoms with Gasteiger partial charge in [-0.2, -0.15) is 0 Å². The molecule has 2 aromatic heterocycles. The highest BCUT2D eigenvalue weighted by Crippen LogP contribution is 2.42. The van der Waals surface area contributed by atoms with Gasteiger partial charge in [-0.25, -0.2) is 9.59 Å². The average Bonchev–Trinajstić information content (AvgIpc) is 2.94. The first-order valence-corrected chi connectivity index (χ1v) is 10.3. The Kier molecular flexibility index (Phi) is 6.04. The van der Waals surface area contributed by atoms with Crippen molar-refractivity contribution in [2.45, 2.75) is 12.8 Å². The molecule has 0 radical (unpaired) electrons.